The van der Waals surface area contributed by atoms with Gasteiger partial charge in [0.05, 0.1) is 18.5 Å². The topological polar surface area (TPSA) is 92.9 Å². The van der Waals surface area contributed by atoms with Crippen molar-refractivity contribution in [3.05, 3.63) is 60.1 Å². The van der Waals surface area contributed by atoms with Crippen LogP contribution in [0.1, 0.15) is 24.7 Å². The Morgan fingerprint density at radius 1 is 1.24 bits per heavy atom. The van der Waals surface area contributed by atoms with E-state index in [2.05, 4.69) is 15.8 Å². The molecular weight excluding hydrogens is 322 g/mol. The highest BCUT2D eigenvalue weighted by Crippen LogP contribution is 2.16. The zero-order valence-corrected chi connectivity index (χ0v) is 13.8. The van der Waals surface area contributed by atoms with E-state index in [1.165, 1.54) is 6.26 Å². The summed E-state index contributed by atoms with van der Waals surface area (Å²) in [6, 6.07) is 12.3. The smallest absolute Gasteiger partial charge is 0.264 e. The predicted molar refractivity (Wildman–Crippen MR) is 90.6 cm³/mol. The normalized spacial score (nSPS) is 17.3. The standard InChI is InChI=1S/C18H19N3O4/c1-12(17(22)19-11-14-8-5-9-24-14)20-18(23)16-10-15(21-25-16)13-6-3-2-4-7-13/h2-9,12,16H,10-11H2,1H3,(H,19,22)(H,20,23). The zero-order chi connectivity index (χ0) is 17.6. The van der Waals surface area contributed by atoms with Gasteiger partial charge in [0.15, 0.2) is 0 Å². The van der Waals surface area contributed by atoms with Crippen LogP contribution in [0, 0.1) is 0 Å². The summed E-state index contributed by atoms with van der Waals surface area (Å²) in [5.74, 6) is -0.0193. The molecule has 1 aromatic carbocycles. The Kier molecular flexibility index (Phi) is 5.13. The molecule has 2 atom stereocenters. The molecule has 0 saturated carbocycles. The van der Waals surface area contributed by atoms with Crippen molar-refractivity contribution in [3.8, 4) is 0 Å². The van der Waals surface area contributed by atoms with E-state index in [9.17, 15) is 9.59 Å². The van der Waals surface area contributed by atoms with Gasteiger partial charge in [0.2, 0.25) is 12.0 Å². The first-order chi connectivity index (χ1) is 12.1. The van der Waals surface area contributed by atoms with Crippen LogP contribution in [0.5, 0.6) is 0 Å². The molecule has 0 spiro atoms. The lowest BCUT2D eigenvalue weighted by Crippen LogP contribution is -2.47. The molecule has 0 saturated heterocycles. The highest BCUT2D eigenvalue weighted by Gasteiger charge is 2.30. The number of hydrogen-bond donors (Lipinski definition) is 2. The molecule has 0 radical (unpaired) electrons. The summed E-state index contributed by atoms with van der Waals surface area (Å²) in [7, 11) is 0. The molecule has 2 N–H and O–H groups in total. The monoisotopic (exact) mass is 341 g/mol. The van der Waals surface area contributed by atoms with E-state index in [-0.39, 0.29) is 18.4 Å². The van der Waals surface area contributed by atoms with Crippen LogP contribution in [0.4, 0.5) is 0 Å². The lowest BCUT2D eigenvalue weighted by atomic mass is 10.0. The van der Waals surface area contributed by atoms with E-state index in [0.29, 0.717) is 12.2 Å². The Morgan fingerprint density at radius 3 is 2.76 bits per heavy atom. The molecule has 1 aliphatic rings. The predicted octanol–water partition coefficient (Wildman–Crippen LogP) is 1.59. The minimum absolute atomic E-state index is 0.271. The molecule has 25 heavy (non-hydrogen) atoms. The van der Waals surface area contributed by atoms with Gasteiger partial charge in [-0.15, -0.1) is 0 Å². The third kappa shape index (κ3) is 4.26. The lowest BCUT2D eigenvalue weighted by molar-refractivity contribution is -0.135. The highest BCUT2D eigenvalue weighted by molar-refractivity contribution is 6.04. The molecule has 1 aromatic heterocycles. The van der Waals surface area contributed by atoms with E-state index in [1.54, 1.807) is 19.1 Å². The number of nitrogens with zero attached hydrogens (tertiary/aromatic N) is 1. The number of benzene rings is 1. The van der Waals surface area contributed by atoms with Gasteiger partial charge in [-0.3, -0.25) is 9.59 Å². The van der Waals surface area contributed by atoms with Crippen molar-refractivity contribution in [2.45, 2.75) is 32.0 Å². The minimum Gasteiger partial charge on any atom is -0.467 e. The Bertz CT molecular complexity index is 756. The maximum Gasteiger partial charge on any atom is 0.264 e. The van der Waals surface area contributed by atoms with Crippen LogP contribution < -0.4 is 10.6 Å². The Morgan fingerprint density at radius 2 is 2.04 bits per heavy atom. The van der Waals surface area contributed by atoms with Gasteiger partial charge in [-0.05, 0) is 24.6 Å². The van der Waals surface area contributed by atoms with Crippen LogP contribution in [0.2, 0.25) is 0 Å². The van der Waals surface area contributed by atoms with E-state index in [0.717, 1.165) is 11.3 Å². The number of carbonyl (C=O) groups is 2. The number of nitrogens with one attached hydrogen (secondary N) is 2. The van der Waals surface area contributed by atoms with E-state index < -0.39 is 12.1 Å². The van der Waals surface area contributed by atoms with Crippen molar-refractivity contribution in [1.82, 2.24) is 10.6 Å². The molecule has 1 aliphatic heterocycles. The van der Waals surface area contributed by atoms with Gasteiger partial charge >= 0.3 is 0 Å². The van der Waals surface area contributed by atoms with Gasteiger partial charge in [0, 0.05) is 6.42 Å². The van der Waals surface area contributed by atoms with Crippen molar-refractivity contribution >= 4 is 17.5 Å². The largest absolute Gasteiger partial charge is 0.467 e. The van der Waals surface area contributed by atoms with Crippen molar-refractivity contribution in [2.24, 2.45) is 5.16 Å². The van der Waals surface area contributed by atoms with Crippen LogP contribution in [-0.2, 0) is 21.0 Å². The van der Waals surface area contributed by atoms with Gasteiger partial charge in [-0.25, -0.2) is 0 Å². The summed E-state index contributed by atoms with van der Waals surface area (Å²) in [6.07, 6.45) is 1.18. The van der Waals surface area contributed by atoms with Gasteiger partial charge in [-0.1, -0.05) is 35.5 Å². The number of carbonyl (C=O) groups excluding carboxylic acids is 2. The summed E-state index contributed by atoms with van der Waals surface area (Å²) in [6.45, 7) is 1.89. The van der Waals surface area contributed by atoms with E-state index in [4.69, 9.17) is 9.25 Å². The second-order valence-electron chi connectivity index (χ2n) is 5.73. The van der Waals surface area contributed by atoms with Crippen molar-refractivity contribution in [3.63, 3.8) is 0 Å². The van der Waals surface area contributed by atoms with Gasteiger partial charge in [0.25, 0.3) is 5.91 Å². The molecule has 2 amide bonds. The van der Waals surface area contributed by atoms with Crippen molar-refractivity contribution in [1.29, 1.82) is 0 Å². The van der Waals surface area contributed by atoms with Crippen molar-refractivity contribution < 1.29 is 18.8 Å². The van der Waals surface area contributed by atoms with Crippen molar-refractivity contribution in [2.75, 3.05) is 0 Å². The molecule has 0 bridgehead atoms. The third-order valence-electron chi connectivity index (χ3n) is 3.84. The van der Waals surface area contributed by atoms with Gasteiger partial charge in [0.1, 0.15) is 11.8 Å². The van der Waals surface area contributed by atoms with Crippen LogP contribution in [0.15, 0.2) is 58.3 Å². The maximum atomic E-state index is 12.3. The first-order valence-electron chi connectivity index (χ1n) is 8.02. The average molecular weight is 341 g/mol. The molecule has 0 aliphatic carbocycles. The Balaban J connectivity index is 1.47. The quantitative estimate of drug-likeness (QED) is 0.834. The zero-order valence-electron chi connectivity index (χ0n) is 13.8. The Labute approximate surface area is 145 Å². The number of hydrogen-bond acceptors (Lipinski definition) is 5. The number of rotatable bonds is 6. The van der Waals surface area contributed by atoms with E-state index >= 15 is 0 Å². The summed E-state index contributed by atoms with van der Waals surface area (Å²) < 4.78 is 5.14. The Hall–Kier alpha value is -3.09. The maximum absolute atomic E-state index is 12.3. The number of furan rings is 1. The second-order valence-corrected chi connectivity index (χ2v) is 5.73. The van der Waals surface area contributed by atoms with Crippen LogP contribution in [0.25, 0.3) is 0 Å². The highest BCUT2D eigenvalue weighted by atomic mass is 16.6. The second kappa shape index (κ2) is 7.65. The molecule has 3 rings (SSSR count). The fourth-order valence-electron chi connectivity index (χ4n) is 2.43. The van der Waals surface area contributed by atoms with E-state index in [1.807, 2.05) is 30.3 Å². The molecule has 7 heteroatoms. The summed E-state index contributed by atoms with van der Waals surface area (Å²) >= 11 is 0. The molecule has 0 fully saturated rings. The average Bonchev–Trinajstić information content (AvgIpc) is 3.32. The molecule has 2 unspecified atom stereocenters. The van der Waals surface area contributed by atoms with Crippen LogP contribution >= 0.6 is 0 Å². The lowest BCUT2D eigenvalue weighted by Gasteiger charge is -2.15. The minimum atomic E-state index is -0.726. The number of oxime groups is 1. The van der Waals surface area contributed by atoms with Crippen LogP contribution in [0.3, 0.4) is 0 Å². The fraction of sp³-hybridized carbons (Fsp3) is 0.278. The number of amides is 2. The first-order valence-corrected chi connectivity index (χ1v) is 8.02. The molecular formula is C18H19N3O4. The summed E-state index contributed by atoms with van der Waals surface area (Å²) in [5, 5.41) is 9.32. The summed E-state index contributed by atoms with van der Waals surface area (Å²) in [5.41, 5.74) is 1.64. The third-order valence-corrected chi connectivity index (χ3v) is 3.84. The fourth-order valence-corrected chi connectivity index (χ4v) is 2.43. The summed E-state index contributed by atoms with van der Waals surface area (Å²) in [4.78, 5) is 29.5. The van der Waals surface area contributed by atoms with Gasteiger partial charge in [-0.2, -0.15) is 0 Å². The molecule has 7 nitrogen and oxygen atoms in total. The van der Waals surface area contributed by atoms with Crippen LogP contribution in [-0.4, -0.2) is 29.7 Å². The SMILES string of the molecule is CC(NC(=O)C1CC(c2ccccc2)=NO1)C(=O)NCc1ccco1. The molecule has 130 valence electrons. The first kappa shape index (κ1) is 16.8. The molecule has 2 aromatic rings. The van der Waals surface area contributed by atoms with Gasteiger partial charge < -0.3 is 19.9 Å². The molecule has 2 heterocycles.